The van der Waals surface area contributed by atoms with E-state index < -0.39 is 0 Å². The number of aryl methyl sites for hydroxylation is 1. The van der Waals surface area contributed by atoms with Gasteiger partial charge in [0.25, 0.3) is 0 Å². The molecule has 2 aromatic heterocycles. The topological polar surface area (TPSA) is 45.4 Å². The number of rotatable bonds is 5. The van der Waals surface area contributed by atoms with Gasteiger partial charge in [-0.15, -0.1) is 11.3 Å². The van der Waals surface area contributed by atoms with E-state index in [0.717, 1.165) is 5.76 Å². The fraction of sp³-hybridized carbons (Fsp3) is 0.385. The first-order chi connectivity index (χ1) is 8.22. The molecule has 0 aliphatic carbocycles. The molecule has 3 nitrogen and oxygen atoms in total. The molecule has 17 heavy (non-hydrogen) atoms. The lowest BCUT2D eigenvalue weighted by atomic mass is 10.1. The van der Waals surface area contributed by atoms with Crippen LogP contribution in [-0.2, 0) is 0 Å². The van der Waals surface area contributed by atoms with Gasteiger partial charge in [-0.2, -0.15) is 0 Å². The van der Waals surface area contributed by atoms with Gasteiger partial charge in [-0.1, -0.05) is 0 Å². The zero-order valence-corrected chi connectivity index (χ0v) is 10.8. The normalized spacial score (nSPS) is 14.8. The highest BCUT2D eigenvalue weighted by Gasteiger charge is 2.18. The summed E-state index contributed by atoms with van der Waals surface area (Å²) in [5.74, 6) is 0.772. The van der Waals surface area contributed by atoms with Crippen molar-refractivity contribution in [2.45, 2.75) is 25.9 Å². The van der Waals surface area contributed by atoms with Crippen molar-refractivity contribution in [2.75, 3.05) is 6.61 Å². The van der Waals surface area contributed by atoms with Gasteiger partial charge >= 0.3 is 0 Å². The number of furan rings is 1. The molecule has 0 amide bonds. The van der Waals surface area contributed by atoms with Gasteiger partial charge in [0.2, 0.25) is 0 Å². The quantitative estimate of drug-likeness (QED) is 0.858. The Morgan fingerprint density at radius 2 is 2.29 bits per heavy atom. The van der Waals surface area contributed by atoms with Crippen molar-refractivity contribution >= 4 is 11.3 Å². The van der Waals surface area contributed by atoms with Crippen molar-refractivity contribution in [2.24, 2.45) is 0 Å². The summed E-state index contributed by atoms with van der Waals surface area (Å²) in [6, 6.07) is 5.88. The van der Waals surface area contributed by atoms with Crippen LogP contribution in [0.3, 0.4) is 0 Å². The molecule has 0 radical (unpaired) electrons. The maximum atomic E-state index is 9.39. The minimum Gasteiger partial charge on any atom is -0.468 e. The molecule has 2 unspecified atom stereocenters. The molecule has 0 bridgehead atoms. The van der Waals surface area contributed by atoms with E-state index in [2.05, 4.69) is 30.6 Å². The third-order valence-corrected chi connectivity index (χ3v) is 4.02. The number of hydrogen-bond donors (Lipinski definition) is 2. The summed E-state index contributed by atoms with van der Waals surface area (Å²) in [5.41, 5.74) is 1.28. The molecule has 0 aromatic carbocycles. The van der Waals surface area contributed by atoms with Crippen LogP contribution in [0, 0.1) is 6.92 Å². The van der Waals surface area contributed by atoms with Crippen LogP contribution < -0.4 is 5.32 Å². The predicted octanol–water partition coefficient (Wildman–Crippen LogP) is 3.03. The predicted molar refractivity (Wildman–Crippen MR) is 69.1 cm³/mol. The van der Waals surface area contributed by atoms with Gasteiger partial charge in [-0.05, 0) is 43.0 Å². The molecule has 0 saturated heterocycles. The molecule has 0 saturated carbocycles. The molecule has 0 spiro atoms. The van der Waals surface area contributed by atoms with E-state index in [1.54, 1.807) is 17.6 Å². The Morgan fingerprint density at radius 3 is 2.82 bits per heavy atom. The summed E-state index contributed by atoms with van der Waals surface area (Å²) in [4.78, 5) is 1.30. The zero-order valence-electron chi connectivity index (χ0n) is 10.0. The standard InChI is InChI=1S/C13H17NO2S/c1-9-5-7-17-13(9)10(2)14-11(8-15)12-4-3-6-16-12/h3-7,10-11,14-15H,8H2,1-2H3. The van der Waals surface area contributed by atoms with Crippen LogP contribution in [-0.4, -0.2) is 11.7 Å². The van der Waals surface area contributed by atoms with E-state index >= 15 is 0 Å². The molecule has 2 rings (SSSR count). The number of hydrogen-bond acceptors (Lipinski definition) is 4. The Morgan fingerprint density at radius 1 is 1.47 bits per heavy atom. The molecule has 4 heteroatoms. The van der Waals surface area contributed by atoms with Crippen LogP contribution in [0.1, 0.15) is 35.2 Å². The van der Waals surface area contributed by atoms with Gasteiger partial charge in [0.1, 0.15) is 5.76 Å². The average molecular weight is 251 g/mol. The Balaban J connectivity index is 2.07. The van der Waals surface area contributed by atoms with Gasteiger partial charge in [0.15, 0.2) is 0 Å². The molecular weight excluding hydrogens is 234 g/mol. The minimum absolute atomic E-state index is 0.0300. The summed E-state index contributed by atoms with van der Waals surface area (Å²) in [6.07, 6.45) is 1.63. The van der Waals surface area contributed by atoms with E-state index in [0.29, 0.717) is 0 Å². The van der Waals surface area contributed by atoms with Crippen LogP contribution in [0.2, 0.25) is 0 Å². The highest BCUT2D eigenvalue weighted by Crippen LogP contribution is 2.26. The molecule has 0 fully saturated rings. The first-order valence-electron chi connectivity index (χ1n) is 5.66. The van der Waals surface area contributed by atoms with Gasteiger partial charge in [-0.3, -0.25) is 5.32 Å². The second-order valence-corrected chi connectivity index (χ2v) is 5.05. The monoisotopic (exact) mass is 251 g/mol. The molecular formula is C13H17NO2S. The minimum atomic E-state index is -0.151. The Hall–Kier alpha value is -1.10. The number of aliphatic hydroxyl groups excluding tert-OH is 1. The third-order valence-electron chi connectivity index (χ3n) is 2.82. The van der Waals surface area contributed by atoms with Gasteiger partial charge in [-0.25, -0.2) is 0 Å². The maximum absolute atomic E-state index is 9.39. The molecule has 2 N–H and O–H groups in total. The second kappa shape index (κ2) is 5.49. The summed E-state index contributed by atoms with van der Waals surface area (Å²) in [5, 5.41) is 14.9. The maximum Gasteiger partial charge on any atom is 0.123 e. The van der Waals surface area contributed by atoms with Gasteiger partial charge in [0.05, 0.1) is 18.9 Å². The van der Waals surface area contributed by atoms with Crippen molar-refractivity contribution < 1.29 is 9.52 Å². The number of nitrogens with one attached hydrogen (secondary N) is 1. The smallest absolute Gasteiger partial charge is 0.123 e. The summed E-state index contributed by atoms with van der Waals surface area (Å²) < 4.78 is 5.32. The second-order valence-electron chi connectivity index (χ2n) is 4.11. The zero-order chi connectivity index (χ0) is 12.3. The molecule has 2 aromatic rings. The van der Waals surface area contributed by atoms with E-state index in [9.17, 15) is 5.11 Å². The fourth-order valence-electron chi connectivity index (χ4n) is 1.92. The third kappa shape index (κ3) is 2.77. The lowest BCUT2D eigenvalue weighted by molar-refractivity contribution is 0.217. The number of thiophene rings is 1. The lowest BCUT2D eigenvalue weighted by Gasteiger charge is -2.20. The van der Waals surface area contributed by atoms with Crippen molar-refractivity contribution in [1.82, 2.24) is 5.32 Å². The molecule has 2 atom stereocenters. The van der Waals surface area contributed by atoms with E-state index in [1.165, 1.54) is 10.4 Å². The van der Waals surface area contributed by atoms with Crippen LogP contribution in [0.15, 0.2) is 34.3 Å². The van der Waals surface area contributed by atoms with Crippen LogP contribution in [0.4, 0.5) is 0 Å². The van der Waals surface area contributed by atoms with Crippen LogP contribution in [0.5, 0.6) is 0 Å². The Labute approximate surface area is 105 Å². The highest BCUT2D eigenvalue weighted by molar-refractivity contribution is 7.10. The van der Waals surface area contributed by atoms with Crippen molar-refractivity contribution in [1.29, 1.82) is 0 Å². The first kappa shape index (κ1) is 12.4. The van der Waals surface area contributed by atoms with E-state index in [4.69, 9.17) is 4.42 Å². The van der Waals surface area contributed by atoms with E-state index in [1.807, 2.05) is 12.1 Å². The Kier molecular flexibility index (Phi) is 3.99. The summed E-state index contributed by atoms with van der Waals surface area (Å²) >= 11 is 1.73. The van der Waals surface area contributed by atoms with Gasteiger partial charge < -0.3 is 9.52 Å². The largest absolute Gasteiger partial charge is 0.468 e. The van der Waals surface area contributed by atoms with E-state index in [-0.39, 0.29) is 18.7 Å². The first-order valence-corrected chi connectivity index (χ1v) is 6.54. The van der Waals surface area contributed by atoms with Crippen LogP contribution >= 0.6 is 11.3 Å². The average Bonchev–Trinajstić information content (AvgIpc) is 2.96. The highest BCUT2D eigenvalue weighted by atomic mass is 32.1. The SMILES string of the molecule is Cc1ccsc1C(C)NC(CO)c1ccco1. The van der Waals surface area contributed by atoms with Gasteiger partial charge in [0, 0.05) is 10.9 Å². The Bertz CT molecular complexity index is 450. The molecule has 0 aliphatic rings. The van der Waals surface area contributed by atoms with Crippen molar-refractivity contribution in [3.63, 3.8) is 0 Å². The van der Waals surface area contributed by atoms with Crippen molar-refractivity contribution in [3.05, 3.63) is 46.0 Å². The summed E-state index contributed by atoms with van der Waals surface area (Å²) in [6.45, 7) is 4.23. The van der Waals surface area contributed by atoms with Crippen LogP contribution in [0.25, 0.3) is 0 Å². The molecule has 92 valence electrons. The number of aliphatic hydroxyl groups is 1. The molecule has 2 heterocycles. The molecule has 0 aliphatic heterocycles. The lowest BCUT2D eigenvalue weighted by Crippen LogP contribution is -2.26. The fourth-order valence-corrected chi connectivity index (χ4v) is 2.86. The summed E-state index contributed by atoms with van der Waals surface area (Å²) in [7, 11) is 0. The van der Waals surface area contributed by atoms with Crippen molar-refractivity contribution in [3.8, 4) is 0 Å².